The molecule has 19 heavy (non-hydrogen) atoms. The lowest BCUT2D eigenvalue weighted by Gasteiger charge is -2.09. The van der Waals surface area contributed by atoms with Crippen LogP contribution in [0.5, 0.6) is 11.6 Å². The topological polar surface area (TPSA) is 61.0 Å². The monoisotopic (exact) mass is 289 g/mol. The molecule has 100 valence electrons. The summed E-state index contributed by atoms with van der Waals surface area (Å²) in [5, 5.41) is 0.0366. The lowest BCUT2D eigenvalue weighted by atomic mass is 10.2. The van der Waals surface area contributed by atoms with Gasteiger partial charge in [-0.3, -0.25) is 0 Å². The van der Waals surface area contributed by atoms with Gasteiger partial charge in [0.15, 0.2) is 0 Å². The Hall–Kier alpha value is -2.02. The largest absolute Gasteiger partial charge is 0.439 e. The first-order valence-corrected chi connectivity index (χ1v) is 5.37. The van der Waals surface area contributed by atoms with Gasteiger partial charge >= 0.3 is 6.18 Å². The Morgan fingerprint density at radius 2 is 1.89 bits per heavy atom. The number of benzene rings is 1. The van der Waals surface area contributed by atoms with Crippen molar-refractivity contribution in [3.05, 3.63) is 41.0 Å². The number of nitrogens with two attached hydrogens (primary N) is 1. The van der Waals surface area contributed by atoms with E-state index in [1.54, 1.807) is 0 Å². The van der Waals surface area contributed by atoms with Crippen molar-refractivity contribution in [1.29, 1.82) is 0 Å². The Morgan fingerprint density at radius 3 is 2.53 bits per heavy atom. The summed E-state index contributed by atoms with van der Waals surface area (Å²) in [7, 11) is 0. The third-order valence-electron chi connectivity index (χ3n) is 2.07. The summed E-state index contributed by atoms with van der Waals surface area (Å²) < 4.78 is 42.7. The van der Waals surface area contributed by atoms with Crippen LogP contribution in [0.4, 0.5) is 19.1 Å². The Labute approximate surface area is 111 Å². The number of hydrogen-bond donors (Lipinski definition) is 1. The number of halogens is 4. The molecule has 0 atom stereocenters. The van der Waals surface area contributed by atoms with Gasteiger partial charge in [-0.1, -0.05) is 17.7 Å². The van der Waals surface area contributed by atoms with Gasteiger partial charge in [0.1, 0.15) is 10.9 Å². The molecule has 0 saturated heterocycles. The van der Waals surface area contributed by atoms with E-state index in [1.165, 1.54) is 18.2 Å². The highest BCUT2D eigenvalue weighted by atomic mass is 35.5. The molecule has 0 saturated carbocycles. The van der Waals surface area contributed by atoms with Crippen molar-refractivity contribution in [1.82, 2.24) is 9.97 Å². The zero-order chi connectivity index (χ0) is 14.0. The van der Waals surface area contributed by atoms with Gasteiger partial charge < -0.3 is 10.5 Å². The van der Waals surface area contributed by atoms with Crippen LogP contribution in [-0.2, 0) is 6.18 Å². The molecular formula is C11H7ClF3N3O. The van der Waals surface area contributed by atoms with Gasteiger partial charge in [-0.25, -0.2) is 4.98 Å². The number of alkyl halides is 3. The van der Waals surface area contributed by atoms with Crippen molar-refractivity contribution in [2.24, 2.45) is 0 Å². The number of rotatable bonds is 2. The van der Waals surface area contributed by atoms with Gasteiger partial charge in [-0.05, 0) is 18.2 Å². The molecule has 0 amide bonds. The van der Waals surface area contributed by atoms with Gasteiger partial charge in [-0.15, -0.1) is 0 Å². The summed E-state index contributed by atoms with van der Waals surface area (Å²) in [5.74, 6) is -0.185. The molecule has 0 unspecified atom stereocenters. The average molecular weight is 290 g/mol. The van der Waals surface area contributed by atoms with E-state index >= 15 is 0 Å². The molecule has 4 nitrogen and oxygen atoms in total. The Kier molecular flexibility index (Phi) is 3.48. The molecule has 2 N–H and O–H groups in total. The van der Waals surface area contributed by atoms with Gasteiger partial charge in [0.2, 0.25) is 11.8 Å². The van der Waals surface area contributed by atoms with Crippen LogP contribution in [0.15, 0.2) is 30.3 Å². The summed E-state index contributed by atoms with van der Waals surface area (Å²) in [6, 6.07) is 5.63. The lowest BCUT2D eigenvalue weighted by molar-refractivity contribution is -0.137. The van der Waals surface area contributed by atoms with E-state index in [2.05, 4.69) is 9.97 Å². The highest BCUT2D eigenvalue weighted by Gasteiger charge is 2.30. The zero-order valence-corrected chi connectivity index (χ0v) is 10.0. The molecule has 8 heteroatoms. The van der Waals surface area contributed by atoms with Crippen molar-refractivity contribution in [3.63, 3.8) is 0 Å². The summed E-state index contributed by atoms with van der Waals surface area (Å²) in [4.78, 5) is 7.30. The second-order valence-corrected chi connectivity index (χ2v) is 3.90. The minimum atomic E-state index is -4.44. The number of nitrogen functional groups attached to an aromatic ring is 1. The fourth-order valence-corrected chi connectivity index (χ4v) is 1.50. The number of nitrogens with zero attached hydrogens (tertiary/aromatic N) is 2. The molecule has 0 radical (unpaired) electrons. The molecule has 0 aliphatic heterocycles. The predicted molar refractivity (Wildman–Crippen MR) is 63.0 cm³/mol. The van der Waals surface area contributed by atoms with Crippen LogP contribution in [0.3, 0.4) is 0 Å². The fourth-order valence-electron chi connectivity index (χ4n) is 1.32. The van der Waals surface area contributed by atoms with Crippen LogP contribution in [0, 0.1) is 0 Å². The van der Waals surface area contributed by atoms with Crippen LogP contribution >= 0.6 is 11.6 Å². The maximum absolute atomic E-state index is 12.5. The van der Waals surface area contributed by atoms with E-state index in [4.69, 9.17) is 22.1 Å². The van der Waals surface area contributed by atoms with E-state index in [0.29, 0.717) is 0 Å². The molecule has 1 aromatic heterocycles. The molecule has 1 heterocycles. The number of aromatic nitrogens is 2. The summed E-state index contributed by atoms with van der Waals surface area (Å²) in [5.41, 5.74) is 4.52. The van der Waals surface area contributed by atoms with E-state index in [-0.39, 0.29) is 22.7 Å². The smallest absolute Gasteiger partial charge is 0.416 e. The van der Waals surface area contributed by atoms with Crippen molar-refractivity contribution in [2.75, 3.05) is 5.73 Å². The quantitative estimate of drug-likeness (QED) is 0.859. The summed E-state index contributed by atoms with van der Waals surface area (Å²) in [6.07, 6.45) is -4.44. The van der Waals surface area contributed by atoms with Crippen LogP contribution < -0.4 is 10.5 Å². The molecule has 0 aliphatic rings. The van der Waals surface area contributed by atoms with Crippen LogP contribution in [0.25, 0.3) is 0 Å². The third-order valence-corrected chi connectivity index (χ3v) is 2.27. The molecule has 0 spiro atoms. The molecule has 0 fully saturated rings. The van der Waals surface area contributed by atoms with Crippen molar-refractivity contribution >= 4 is 17.5 Å². The Bertz CT molecular complexity index is 584. The molecule has 0 bridgehead atoms. The predicted octanol–water partition coefficient (Wildman–Crippen LogP) is 3.52. The van der Waals surface area contributed by atoms with Crippen molar-refractivity contribution in [3.8, 4) is 11.6 Å². The van der Waals surface area contributed by atoms with E-state index in [0.717, 1.165) is 12.1 Å². The molecule has 0 aliphatic carbocycles. The second kappa shape index (κ2) is 4.93. The lowest BCUT2D eigenvalue weighted by Crippen LogP contribution is -2.04. The molecular weight excluding hydrogens is 283 g/mol. The van der Waals surface area contributed by atoms with Gasteiger partial charge in [0.05, 0.1) is 5.56 Å². The molecule has 2 rings (SSSR count). The highest BCUT2D eigenvalue weighted by molar-refractivity contribution is 6.29. The Balaban J connectivity index is 2.28. The molecule has 1 aromatic carbocycles. The van der Waals surface area contributed by atoms with Crippen LogP contribution in [-0.4, -0.2) is 9.97 Å². The van der Waals surface area contributed by atoms with E-state index in [1.807, 2.05) is 0 Å². The Morgan fingerprint density at radius 1 is 1.16 bits per heavy atom. The number of anilines is 1. The van der Waals surface area contributed by atoms with E-state index < -0.39 is 11.7 Å². The first-order chi connectivity index (χ1) is 8.84. The average Bonchev–Trinajstić information content (AvgIpc) is 2.26. The van der Waals surface area contributed by atoms with Gasteiger partial charge in [0, 0.05) is 6.07 Å². The normalized spacial score (nSPS) is 11.4. The van der Waals surface area contributed by atoms with E-state index in [9.17, 15) is 13.2 Å². The maximum atomic E-state index is 12.5. The zero-order valence-electron chi connectivity index (χ0n) is 9.28. The van der Waals surface area contributed by atoms with Gasteiger partial charge in [0.25, 0.3) is 0 Å². The minimum Gasteiger partial charge on any atom is -0.439 e. The minimum absolute atomic E-state index is 0.0241. The third kappa shape index (κ3) is 3.47. The van der Waals surface area contributed by atoms with Crippen LogP contribution in [0.2, 0.25) is 5.15 Å². The first-order valence-electron chi connectivity index (χ1n) is 5.00. The van der Waals surface area contributed by atoms with Crippen LogP contribution in [0.1, 0.15) is 5.56 Å². The first kappa shape index (κ1) is 13.4. The number of ether oxygens (including phenoxy) is 1. The molecule has 2 aromatic rings. The van der Waals surface area contributed by atoms with Crippen molar-refractivity contribution < 1.29 is 17.9 Å². The van der Waals surface area contributed by atoms with Crippen molar-refractivity contribution in [2.45, 2.75) is 6.18 Å². The fraction of sp³-hybridized carbons (Fsp3) is 0.0909. The second-order valence-electron chi connectivity index (χ2n) is 3.51. The maximum Gasteiger partial charge on any atom is 0.416 e. The van der Waals surface area contributed by atoms with Gasteiger partial charge in [-0.2, -0.15) is 18.2 Å². The highest BCUT2D eigenvalue weighted by Crippen LogP contribution is 2.32. The number of hydrogen-bond acceptors (Lipinski definition) is 4. The SMILES string of the molecule is Nc1nc(Cl)cc(Oc2cccc(C(F)(F)F)c2)n1. The standard InChI is InChI=1S/C11H7ClF3N3O/c12-8-5-9(18-10(16)17-8)19-7-3-1-2-6(4-7)11(13,14)15/h1-5H,(H2,16,17,18). The summed E-state index contributed by atoms with van der Waals surface area (Å²) >= 11 is 5.63. The summed E-state index contributed by atoms with van der Waals surface area (Å²) in [6.45, 7) is 0.